The van der Waals surface area contributed by atoms with Gasteiger partial charge in [-0.05, 0) is 24.3 Å². The number of carbonyl (C=O) groups is 1. The highest BCUT2D eigenvalue weighted by Gasteiger charge is 2.03. The highest BCUT2D eigenvalue weighted by Crippen LogP contribution is 2.08. The first-order valence-electron chi connectivity index (χ1n) is 3.52. The number of rotatable bonds is 2. The van der Waals surface area contributed by atoms with Crippen molar-refractivity contribution in [2.75, 3.05) is 5.32 Å². The van der Waals surface area contributed by atoms with Crippen molar-refractivity contribution in [2.24, 2.45) is 5.73 Å². The van der Waals surface area contributed by atoms with Gasteiger partial charge in [-0.25, -0.2) is 9.90 Å². The minimum atomic E-state index is -1.23. The van der Waals surface area contributed by atoms with Gasteiger partial charge in [0.05, 0.1) is 5.56 Å². The summed E-state index contributed by atoms with van der Waals surface area (Å²) in [7, 11) is 0. The minimum Gasteiger partial charge on any atom is -0.370 e. The summed E-state index contributed by atoms with van der Waals surface area (Å²) in [6.07, 6.45) is 0. The van der Waals surface area contributed by atoms with Crippen molar-refractivity contribution in [3.8, 4) is 0 Å². The first-order chi connectivity index (χ1) is 6.09. The molecule has 0 aromatic heterocycles. The maximum atomic E-state index is 10.3. The van der Waals surface area contributed by atoms with Crippen molar-refractivity contribution >= 4 is 17.6 Å². The van der Waals surface area contributed by atoms with Crippen molar-refractivity contribution in [1.29, 1.82) is 5.41 Å². The predicted molar refractivity (Wildman–Crippen MR) is 47.0 cm³/mol. The lowest BCUT2D eigenvalue weighted by Gasteiger charge is -2.02. The van der Waals surface area contributed by atoms with Crippen LogP contribution in [0, 0.1) is 5.41 Å². The van der Waals surface area contributed by atoms with Crippen LogP contribution >= 0.6 is 0 Å². The molecule has 5 nitrogen and oxygen atoms in total. The molecule has 1 aromatic carbocycles. The van der Waals surface area contributed by atoms with Gasteiger partial charge in [0.15, 0.2) is 5.96 Å². The van der Waals surface area contributed by atoms with Gasteiger partial charge in [-0.3, -0.25) is 5.41 Å². The summed E-state index contributed by atoms with van der Waals surface area (Å²) in [6.45, 7) is 0. The van der Waals surface area contributed by atoms with Crippen LogP contribution in [0.4, 0.5) is 5.69 Å². The summed E-state index contributed by atoms with van der Waals surface area (Å²) in [6, 6.07) is 5.76. The number of carbonyl (C=O) groups excluding carboxylic acids is 1. The van der Waals surface area contributed by atoms with Gasteiger partial charge in [0, 0.05) is 5.69 Å². The Hall–Kier alpha value is -2.04. The molecule has 0 amide bonds. The summed E-state index contributed by atoms with van der Waals surface area (Å²) in [4.78, 5) is 10.3. The molecule has 0 unspecified atom stereocenters. The summed E-state index contributed by atoms with van der Waals surface area (Å²) < 4.78 is 0. The van der Waals surface area contributed by atoms with E-state index in [1.807, 2.05) is 0 Å². The molecule has 5 heteroatoms. The van der Waals surface area contributed by atoms with Crippen LogP contribution in [0.5, 0.6) is 0 Å². The molecule has 13 heavy (non-hydrogen) atoms. The number of guanidine groups is 1. The standard InChI is InChI=1S/C8H8N3O2/c9-8(10)11-6-3-1-5(2-4-6)7(12)13/h1-4H,(H4,9,10,11). The van der Waals surface area contributed by atoms with Crippen LogP contribution in [0.3, 0.4) is 0 Å². The summed E-state index contributed by atoms with van der Waals surface area (Å²) in [5.74, 6) is -1.42. The van der Waals surface area contributed by atoms with E-state index in [0.29, 0.717) is 5.69 Å². The molecule has 0 heterocycles. The van der Waals surface area contributed by atoms with Crippen molar-refractivity contribution in [1.82, 2.24) is 0 Å². The quantitative estimate of drug-likeness (QED) is 0.455. The molecule has 0 aliphatic rings. The summed E-state index contributed by atoms with van der Waals surface area (Å²) in [5.41, 5.74) is 5.72. The number of anilines is 1. The maximum Gasteiger partial charge on any atom is 0.386 e. The molecule has 4 N–H and O–H groups in total. The Kier molecular flexibility index (Phi) is 2.49. The van der Waals surface area contributed by atoms with Crippen LogP contribution in [0.1, 0.15) is 10.4 Å². The zero-order chi connectivity index (χ0) is 9.84. The van der Waals surface area contributed by atoms with Crippen molar-refractivity contribution in [3.63, 3.8) is 0 Å². The Morgan fingerprint density at radius 3 is 2.23 bits per heavy atom. The molecule has 0 atom stereocenters. The first kappa shape index (κ1) is 9.05. The third-order valence-corrected chi connectivity index (χ3v) is 1.40. The first-order valence-corrected chi connectivity index (χ1v) is 3.52. The molecule has 0 bridgehead atoms. The summed E-state index contributed by atoms with van der Waals surface area (Å²) >= 11 is 0. The van der Waals surface area contributed by atoms with Crippen LogP contribution in [0.25, 0.3) is 0 Å². The lowest BCUT2D eigenvalue weighted by molar-refractivity contribution is 0.0573. The normalized spacial score (nSPS) is 9.23. The zero-order valence-corrected chi connectivity index (χ0v) is 6.70. The molecule has 0 spiro atoms. The highest BCUT2D eigenvalue weighted by atomic mass is 16.4. The fourth-order valence-electron chi connectivity index (χ4n) is 0.845. The third-order valence-electron chi connectivity index (χ3n) is 1.40. The van der Waals surface area contributed by atoms with Crippen molar-refractivity contribution in [3.05, 3.63) is 29.8 Å². The number of nitrogens with two attached hydrogens (primary N) is 1. The molecule has 0 aliphatic heterocycles. The smallest absolute Gasteiger partial charge is 0.370 e. The highest BCUT2D eigenvalue weighted by molar-refractivity contribution is 5.91. The molecule has 67 valence electrons. The fourth-order valence-corrected chi connectivity index (χ4v) is 0.845. The molecular formula is C8H8N3O2. The van der Waals surface area contributed by atoms with Gasteiger partial charge in [-0.15, -0.1) is 0 Å². The van der Waals surface area contributed by atoms with E-state index in [2.05, 4.69) is 5.32 Å². The predicted octanol–water partition coefficient (Wildman–Crippen LogP) is 0.563. The second-order valence-electron chi connectivity index (χ2n) is 2.40. The van der Waals surface area contributed by atoms with Gasteiger partial charge in [-0.2, -0.15) is 0 Å². The summed E-state index contributed by atoms with van der Waals surface area (Å²) in [5, 5.41) is 19.8. The monoisotopic (exact) mass is 178 g/mol. The molecule has 0 saturated carbocycles. The van der Waals surface area contributed by atoms with E-state index in [0.717, 1.165) is 0 Å². The van der Waals surface area contributed by atoms with Gasteiger partial charge in [-0.1, -0.05) is 0 Å². The minimum absolute atomic E-state index is 0.0918. The SMILES string of the molecule is N=C(N)Nc1ccc(C([O])=O)cc1. The van der Waals surface area contributed by atoms with E-state index >= 15 is 0 Å². The van der Waals surface area contributed by atoms with E-state index in [4.69, 9.17) is 11.1 Å². The topological polar surface area (TPSA) is 98.9 Å². The zero-order valence-electron chi connectivity index (χ0n) is 6.70. The Morgan fingerprint density at radius 1 is 1.31 bits per heavy atom. The fraction of sp³-hybridized carbons (Fsp3) is 0. The van der Waals surface area contributed by atoms with Gasteiger partial charge in [0.25, 0.3) is 0 Å². The molecule has 1 radical (unpaired) electrons. The molecule has 0 fully saturated rings. The average Bonchev–Trinajstić information content (AvgIpc) is 2.04. The van der Waals surface area contributed by atoms with E-state index in [9.17, 15) is 9.90 Å². The lowest BCUT2D eigenvalue weighted by Crippen LogP contribution is -2.20. The van der Waals surface area contributed by atoms with Crippen molar-refractivity contribution < 1.29 is 9.90 Å². The second kappa shape index (κ2) is 3.57. The average molecular weight is 178 g/mol. The number of hydrogen-bond donors (Lipinski definition) is 3. The van der Waals surface area contributed by atoms with Crippen LogP contribution in [-0.4, -0.2) is 11.9 Å². The van der Waals surface area contributed by atoms with E-state index in [-0.39, 0.29) is 11.5 Å². The van der Waals surface area contributed by atoms with E-state index < -0.39 is 5.97 Å². The van der Waals surface area contributed by atoms with Crippen LogP contribution in [0.15, 0.2) is 24.3 Å². The number of benzene rings is 1. The third kappa shape index (κ3) is 2.48. The number of nitrogens with one attached hydrogen (secondary N) is 2. The van der Waals surface area contributed by atoms with E-state index in [1.165, 1.54) is 24.3 Å². The van der Waals surface area contributed by atoms with E-state index in [1.54, 1.807) is 0 Å². The Balaban J connectivity index is 2.81. The molecular weight excluding hydrogens is 170 g/mol. The van der Waals surface area contributed by atoms with Crippen LogP contribution in [0.2, 0.25) is 0 Å². The molecule has 1 aromatic rings. The Morgan fingerprint density at radius 2 is 1.85 bits per heavy atom. The maximum absolute atomic E-state index is 10.3. The van der Waals surface area contributed by atoms with Gasteiger partial charge < -0.3 is 11.1 Å². The molecule has 0 saturated heterocycles. The van der Waals surface area contributed by atoms with Crippen molar-refractivity contribution in [2.45, 2.75) is 0 Å². The largest absolute Gasteiger partial charge is 0.386 e. The molecule has 1 rings (SSSR count). The Bertz CT molecular complexity index is 332. The molecule has 0 aliphatic carbocycles. The van der Waals surface area contributed by atoms with Gasteiger partial charge in [0.2, 0.25) is 0 Å². The lowest BCUT2D eigenvalue weighted by atomic mass is 10.2. The number of hydrogen-bond acceptors (Lipinski definition) is 2. The van der Waals surface area contributed by atoms with Gasteiger partial charge >= 0.3 is 5.97 Å². The van der Waals surface area contributed by atoms with Crippen LogP contribution < -0.4 is 11.1 Å². The van der Waals surface area contributed by atoms with Crippen LogP contribution in [-0.2, 0) is 5.11 Å². The van der Waals surface area contributed by atoms with Gasteiger partial charge in [0.1, 0.15) is 0 Å². The second-order valence-corrected chi connectivity index (χ2v) is 2.40. The Labute approximate surface area is 74.7 Å².